The van der Waals surface area contributed by atoms with Gasteiger partial charge >= 0.3 is 0 Å². The molecule has 0 unspecified atom stereocenters. The Bertz CT molecular complexity index is 673. The number of nitrogens with one attached hydrogen (secondary N) is 1. The van der Waals surface area contributed by atoms with Crippen LogP contribution in [0.4, 0.5) is 0 Å². The van der Waals surface area contributed by atoms with Crippen molar-refractivity contribution in [3.63, 3.8) is 0 Å². The smallest absolute Gasteiger partial charge is 0.251 e. The molecule has 2 aromatic rings. The number of hydrogen-bond donors (Lipinski definition) is 2. The molecular weight excluding hydrogens is 282 g/mol. The second-order valence-corrected chi connectivity index (χ2v) is 5.51. The minimum Gasteiger partial charge on any atom is -0.376 e. The molecule has 0 spiro atoms. The van der Waals surface area contributed by atoms with Crippen LogP contribution in [0.3, 0.4) is 0 Å². The summed E-state index contributed by atoms with van der Waals surface area (Å²) in [5.41, 5.74) is 6.07. The first kappa shape index (κ1) is 14.3. The minimum atomic E-state index is -0.665. The highest BCUT2D eigenvalue weighted by Gasteiger charge is 2.41. The molecule has 6 nitrogen and oxygen atoms in total. The first-order valence-electron chi connectivity index (χ1n) is 7.00. The highest BCUT2D eigenvalue weighted by molar-refractivity contribution is 5.95. The number of carbonyl (C=O) groups is 2. The zero-order valence-electron chi connectivity index (χ0n) is 12.0. The van der Waals surface area contributed by atoms with E-state index in [0.29, 0.717) is 18.8 Å². The minimum absolute atomic E-state index is 0.0835. The number of hydrogen-bond acceptors (Lipinski definition) is 3. The molecule has 1 fully saturated rings. The number of ether oxygens (including phenoxy) is 1. The fraction of sp³-hybridized carbons (Fsp3) is 0.250. The molecule has 114 valence electrons. The van der Waals surface area contributed by atoms with Crippen molar-refractivity contribution in [1.29, 1.82) is 0 Å². The fourth-order valence-corrected chi connectivity index (χ4v) is 2.50. The standard InChI is InChI=1S/C16H17N3O3/c17-14(20)9-16(10-22-11-16)18-15(21)12-3-5-13(6-4-12)19-7-1-2-8-19/h1-8H,9-11H2,(H2,17,20)(H,18,21). The van der Waals surface area contributed by atoms with Crippen molar-refractivity contribution in [2.75, 3.05) is 13.2 Å². The van der Waals surface area contributed by atoms with E-state index in [2.05, 4.69) is 5.32 Å². The Labute approximate surface area is 127 Å². The van der Waals surface area contributed by atoms with Crippen LogP contribution >= 0.6 is 0 Å². The normalized spacial score (nSPS) is 15.8. The van der Waals surface area contributed by atoms with Gasteiger partial charge in [0.15, 0.2) is 0 Å². The van der Waals surface area contributed by atoms with Crippen LogP contribution in [-0.4, -0.2) is 35.1 Å². The molecule has 2 amide bonds. The zero-order valence-corrected chi connectivity index (χ0v) is 12.0. The molecule has 3 rings (SSSR count). The highest BCUT2D eigenvalue weighted by Crippen LogP contribution is 2.22. The maximum atomic E-state index is 12.3. The summed E-state index contributed by atoms with van der Waals surface area (Å²) in [4.78, 5) is 23.4. The molecule has 0 radical (unpaired) electrons. The van der Waals surface area contributed by atoms with E-state index in [0.717, 1.165) is 5.69 Å². The number of aromatic nitrogens is 1. The lowest BCUT2D eigenvalue weighted by Crippen LogP contribution is -2.63. The molecule has 1 saturated heterocycles. The number of carbonyl (C=O) groups excluding carboxylic acids is 2. The maximum absolute atomic E-state index is 12.3. The van der Waals surface area contributed by atoms with Gasteiger partial charge in [-0.25, -0.2) is 0 Å². The van der Waals surface area contributed by atoms with E-state index in [-0.39, 0.29) is 12.3 Å². The number of nitrogens with zero attached hydrogens (tertiary/aromatic N) is 1. The molecule has 0 bridgehead atoms. The van der Waals surface area contributed by atoms with Crippen LogP contribution in [0.15, 0.2) is 48.8 Å². The van der Waals surface area contributed by atoms with E-state index in [1.165, 1.54) is 0 Å². The fourth-order valence-electron chi connectivity index (χ4n) is 2.50. The van der Waals surface area contributed by atoms with Gasteiger partial charge in [0.1, 0.15) is 0 Å². The van der Waals surface area contributed by atoms with Crippen molar-refractivity contribution in [2.24, 2.45) is 5.73 Å². The van der Waals surface area contributed by atoms with Gasteiger partial charge in [-0.2, -0.15) is 0 Å². The number of benzene rings is 1. The SMILES string of the molecule is NC(=O)CC1(NC(=O)c2ccc(-n3cccc3)cc2)COC1. The van der Waals surface area contributed by atoms with Crippen LogP contribution in [0.2, 0.25) is 0 Å². The van der Waals surface area contributed by atoms with Gasteiger partial charge in [0.2, 0.25) is 5.91 Å². The van der Waals surface area contributed by atoms with Crippen LogP contribution in [0.1, 0.15) is 16.8 Å². The first-order valence-corrected chi connectivity index (χ1v) is 7.00. The van der Waals surface area contributed by atoms with Crippen LogP contribution < -0.4 is 11.1 Å². The summed E-state index contributed by atoms with van der Waals surface area (Å²) in [6.45, 7) is 0.617. The van der Waals surface area contributed by atoms with Crippen molar-refractivity contribution in [3.8, 4) is 5.69 Å². The number of nitrogens with two attached hydrogens (primary N) is 1. The van der Waals surface area contributed by atoms with Crippen LogP contribution in [0.5, 0.6) is 0 Å². The van der Waals surface area contributed by atoms with E-state index in [9.17, 15) is 9.59 Å². The topological polar surface area (TPSA) is 86.4 Å². The second-order valence-electron chi connectivity index (χ2n) is 5.51. The summed E-state index contributed by atoms with van der Waals surface area (Å²) >= 11 is 0. The van der Waals surface area contributed by atoms with E-state index in [4.69, 9.17) is 10.5 Å². The predicted octanol–water partition coefficient (Wildman–Crippen LogP) is 0.851. The van der Waals surface area contributed by atoms with Gasteiger partial charge in [-0.15, -0.1) is 0 Å². The number of rotatable bonds is 5. The summed E-state index contributed by atoms with van der Waals surface area (Å²) in [7, 11) is 0. The monoisotopic (exact) mass is 299 g/mol. The lowest BCUT2D eigenvalue weighted by Gasteiger charge is -2.41. The molecule has 6 heteroatoms. The molecule has 1 aliphatic heterocycles. The summed E-state index contributed by atoms with van der Waals surface area (Å²) in [6, 6.07) is 11.1. The molecule has 0 saturated carbocycles. The Kier molecular flexibility index (Phi) is 3.68. The molecular formula is C16H17N3O3. The van der Waals surface area contributed by atoms with Gasteiger partial charge in [-0.3, -0.25) is 9.59 Å². The van der Waals surface area contributed by atoms with Crippen molar-refractivity contribution in [2.45, 2.75) is 12.0 Å². The van der Waals surface area contributed by atoms with Crippen LogP contribution in [0.25, 0.3) is 5.69 Å². The van der Waals surface area contributed by atoms with Crippen LogP contribution in [0, 0.1) is 0 Å². The lowest BCUT2D eigenvalue weighted by molar-refractivity contribution is -0.127. The van der Waals surface area contributed by atoms with Gasteiger partial charge in [-0.05, 0) is 36.4 Å². The van der Waals surface area contributed by atoms with Crippen molar-refractivity contribution < 1.29 is 14.3 Å². The Morgan fingerprint density at radius 3 is 2.32 bits per heavy atom. The summed E-state index contributed by atoms with van der Waals surface area (Å²) < 4.78 is 7.07. The Morgan fingerprint density at radius 1 is 1.18 bits per heavy atom. The van der Waals surface area contributed by atoms with Crippen molar-refractivity contribution >= 4 is 11.8 Å². The van der Waals surface area contributed by atoms with Gasteiger partial charge in [0, 0.05) is 23.6 Å². The van der Waals surface area contributed by atoms with E-state index in [1.54, 1.807) is 12.1 Å². The van der Waals surface area contributed by atoms with Gasteiger partial charge in [0.05, 0.1) is 25.2 Å². The Morgan fingerprint density at radius 2 is 1.82 bits per heavy atom. The average Bonchev–Trinajstić information content (AvgIpc) is 2.98. The molecule has 2 heterocycles. The van der Waals surface area contributed by atoms with Crippen molar-refractivity contribution in [3.05, 3.63) is 54.4 Å². The predicted molar refractivity (Wildman–Crippen MR) is 80.6 cm³/mol. The third-order valence-electron chi connectivity index (χ3n) is 3.68. The maximum Gasteiger partial charge on any atom is 0.251 e. The Balaban J connectivity index is 1.71. The largest absolute Gasteiger partial charge is 0.376 e. The third-order valence-corrected chi connectivity index (χ3v) is 3.68. The number of amides is 2. The van der Waals surface area contributed by atoms with E-state index >= 15 is 0 Å². The molecule has 1 aromatic carbocycles. The number of primary amides is 1. The molecule has 1 aromatic heterocycles. The summed E-state index contributed by atoms with van der Waals surface area (Å²) in [5, 5.41) is 2.86. The summed E-state index contributed by atoms with van der Waals surface area (Å²) in [5.74, 6) is -0.685. The molecule has 0 atom stereocenters. The molecule has 0 aliphatic carbocycles. The van der Waals surface area contributed by atoms with Crippen LogP contribution in [-0.2, 0) is 9.53 Å². The quantitative estimate of drug-likeness (QED) is 0.858. The van der Waals surface area contributed by atoms with E-state index in [1.807, 2.05) is 41.2 Å². The lowest BCUT2D eigenvalue weighted by atomic mass is 9.92. The van der Waals surface area contributed by atoms with Gasteiger partial charge in [0.25, 0.3) is 5.91 Å². The van der Waals surface area contributed by atoms with E-state index < -0.39 is 11.4 Å². The molecule has 1 aliphatic rings. The van der Waals surface area contributed by atoms with Gasteiger partial charge < -0.3 is 20.4 Å². The van der Waals surface area contributed by atoms with Crippen molar-refractivity contribution in [1.82, 2.24) is 9.88 Å². The summed E-state index contributed by atoms with van der Waals surface area (Å²) in [6.07, 6.45) is 3.95. The first-order chi connectivity index (χ1) is 10.6. The molecule has 3 N–H and O–H groups in total. The Hall–Kier alpha value is -2.60. The average molecular weight is 299 g/mol. The highest BCUT2D eigenvalue weighted by atomic mass is 16.5. The zero-order chi connectivity index (χ0) is 15.6. The van der Waals surface area contributed by atoms with Gasteiger partial charge in [-0.1, -0.05) is 0 Å². The third kappa shape index (κ3) is 2.87. The molecule has 22 heavy (non-hydrogen) atoms. The second kappa shape index (κ2) is 5.65.